The first-order chi connectivity index (χ1) is 8.27. The summed E-state index contributed by atoms with van der Waals surface area (Å²) in [5, 5.41) is 8.76. The second-order valence-corrected chi connectivity index (χ2v) is 4.64. The van der Waals surface area contributed by atoms with Gasteiger partial charge in [-0.15, -0.1) is 0 Å². The normalized spacial score (nSPS) is 13.4. The van der Waals surface area contributed by atoms with Gasteiger partial charge in [0, 0.05) is 17.8 Å². The van der Waals surface area contributed by atoms with E-state index in [0.717, 1.165) is 38.6 Å². The SMILES string of the molecule is CCCCn1c2c(cc(CC#N)c1=O)CCC2. The second kappa shape index (κ2) is 5.18. The van der Waals surface area contributed by atoms with Gasteiger partial charge in [0.15, 0.2) is 0 Å². The van der Waals surface area contributed by atoms with E-state index in [2.05, 4.69) is 13.0 Å². The van der Waals surface area contributed by atoms with E-state index < -0.39 is 0 Å². The molecule has 0 N–H and O–H groups in total. The molecule has 0 saturated carbocycles. The van der Waals surface area contributed by atoms with Gasteiger partial charge < -0.3 is 4.57 Å². The van der Waals surface area contributed by atoms with Crippen LogP contribution in [0.1, 0.15) is 43.0 Å². The second-order valence-electron chi connectivity index (χ2n) is 4.64. The fourth-order valence-corrected chi connectivity index (χ4v) is 2.55. The van der Waals surface area contributed by atoms with Gasteiger partial charge in [-0.1, -0.05) is 13.3 Å². The van der Waals surface area contributed by atoms with Crippen LogP contribution in [-0.2, 0) is 25.8 Å². The van der Waals surface area contributed by atoms with Crippen molar-refractivity contribution < 1.29 is 0 Å². The van der Waals surface area contributed by atoms with Crippen molar-refractivity contribution in [3.63, 3.8) is 0 Å². The van der Waals surface area contributed by atoms with Gasteiger partial charge >= 0.3 is 0 Å². The first-order valence-electron chi connectivity index (χ1n) is 6.39. The van der Waals surface area contributed by atoms with E-state index >= 15 is 0 Å². The highest BCUT2D eigenvalue weighted by Crippen LogP contribution is 2.21. The Bertz CT molecular complexity index is 508. The highest BCUT2D eigenvalue weighted by atomic mass is 16.1. The molecule has 90 valence electrons. The molecule has 0 amide bonds. The van der Waals surface area contributed by atoms with Crippen molar-refractivity contribution in [3.05, 3.63) is 33.2 Å². The lowest BCUT2D eigenvalue weighted by molar-refractivity contribution is 0.587. The molecule has 0 saturated heterocycles. The van der Waals surface area contributed by atoms with E-state index in [9.17, 15) is 4.79 Å². The van der Waals surface area contributed by atoms with E-state index in [-0.39, 0.29) is 12.0 Å². The van der Waals surface area contributed by atoms with Crippen molar-refractivity contribution in [1.82, 2.24) is 4.57 Å². The quantitative estimate of drug-likeness (QED) is 0.796. The minimum atomic E-state index is 0.0562. The highest BCUT2D eigenvalue weighted by molar-refractivity contribution is 5.31. The van der Waals surface area contributed by atoms with Gasteiger partial charge in [0.1, 0.15) is 0 Å². The molecule has 2 rings (SSSR count). The third kappa shape index (κ3) is 2.26. The topological polar surface area (TPSA) is 45.8 Å². The van der Waals surface area contributed by atoms with Crippen molar-refractivity contribution in [1.29, 1.82) is 5.26 Å². The summed E-state index contributed by atoms with van der Waals surface area (Å²) in [7, 11) is 0. The molecule has 1 aromatic rings. The zero-order valence-electron chi connectivity index (χ0n) is 10.3. The van der Waals surface area contributed by atoms with E-state index in [1.807, 2.05) is 10.6 Å². The Kier molecular flexibility index (Phi) is 3.63. The zero-order valence-corrected chi connectivity index (χ0v) is 10.3. The third-order valence-corrected chi connectivity index (χ3v) is 3.43. The molecule has 1 aliphatic carbocycles. The average molecular weight is 230 g/mol. The number of nitriles is 1. The molecule has 17 heavy (non-hydrogen) atoms. The zero-order chi connectivity index (χ0) is 12.3. The van der Waals surface area contributed by atoms with Crippen molar-refractivity contribution in [2.75, 3.05) is 0 Å². The highest BCUT2D eigenvalue weighted by Gasteiger charge is 2.18. The lowest BCUT2D eigenvalue weighted by Gasteiger charge is -2.13. The van der Waals surface area contributed by atoms with Crippen molar-refractivity contribution >= 4 is 0 Å². The van der Waals surface area contributed by atoms with Gasteiger partial charge in [-0.25, -0.2) is 0 Å². The predicted molar refractivity (Wildman–Crippen MR) is 67.0 cm³/mol. The molecular weight excluding hydrogens is 212 g/mol. The lowest BCUT2D eigenvalue weighted by Crippen LogP contribution is -2.27. The fourth-order valence-electron chi connectivity index (χ4n) is 2.55. The first-order valence-corrected chi connectivity index (χ1v) is 6.39. The molecule has 3 heteroatoms. The average Bonchev–Trinajstić information content (AvgIpc) is 2.77. The number of rotatable bonds is 4. The smallest absolute Gasteiger partial charge is 0.255 e. The standard InChI is InChI=1S/C14H18N2O/c1-2-3-9-16-13-6-4-5-11(13)10-12(7-8-15)14(16)17/h10H,2-7,9H2,1H3. The van der Waals surface area contributed by atoms with Gasteiger partial charge in [-0.05, 0) is 37.3 Å². The number of fused-ring (bicyclic) bond motifs is 1. The van der Waals surface area contributed by atoms with Crippen molar-refractivity contribution in [2.45, 2.75) is 52.0 Å². The molecule has 0 aromatic carbocycles. The molecule has 0 atom stereocenters. The molecule has 1 aromatic heterocycles. The van der Waals surface area contributed by atoms with E-state index in [0.29, 0.717) is 5.56 Å². The molecule has 0 spiro atoms. The van der Waals surface area contributed by atoms with Crippen LogP contribution in [0, 0.1) is 11.3 Å². The van der Waals surface area contributed by atoms with Crippen LogP contribution >= 0.6 is 0 Å². The van der Waals surface area contributed by atoms with Crippen LogP contribution in [0.15, 0.2) is 10.9 Å². The summed E-state index contributed by atoms with van der Waals surface area (Å²) >= 11 is 0. The summed E-state index contributed by atoms with van der Waals surface area (Å²) in [6.45, 7) is 2.93. The lowest BCUT2D eigenvalue weighted by atomic mass is 10.1. The molecule has 0 bridgehead atoms. The summed E-state index contributed by atoms with van der Waals surface area (Å²) in [5.74, 6) is 0. The van der Waals surface area contributed by atoms with Crippen LogP contribution in [0.4, 0.5) is 0 Å². The van der Waals surface area contributed by atoms with Crippen LogP contribution in [-0.4, -0.2) is 4.57 Å². The molecular formula is C14H18N2O. The van der Waals surface area contributed by atoms with Crippen LogP contribution in [0.2, 0.25) is 0 Å². The summed E-state index contributed by atoms with van der Waals surface area (Å²) in [4.78, 5) is 12.2. The number of aryl methyl sites for hydroxylation is 1. The Labute approximate surface area is 102 Å². The fraction of sp³-hybridized carbons (Fsp3) is 0.571. The van der Waals surface area contributed by atoms with Crippen LogP contribution in [0.5, 0.6) is 0 Å². The molecule has 3 nitrogen and oxygen atoms in total. The van der Waals surface area contributed by atoms with E-state index in [4.69, 9.17) is 5.26 Å². The molecule has 0 radical (unpaired) electrons. The van der Waals surface area contributed by atoms with Gasteiger partial charge in [0.25, 0.3) is 5.56 Å². The van der Waals surface area contributed by atoms with Crippen LogP contribution in [0.25, 0.3) is 0 Å². The van der Waals surface area contributed by atoms with Crippen LogP contribution < -0.4 is 5.56 Å². The van der Waals surface area contributed by atoms with Crippen molar-refractivity contribution in [2.24, 2.45) is 0 Å². The minimum absolute atomic E-state index is 0.0562. The monoisotopic (exact) mass is 230 g/mol. The number of aromatic nitrogens is 1. The van der Waals surface area contributed by atoms with Crippen LogP contribution in [0.3, 0.4) is 0 Å². The molecule has 0 fully saturated rings. The summed E-state index contributed by atoms with van der Waals surface area (Å²) in [5.41, 5.74) is 3.22. The number of unbranched alkanes of at least 4 members (excludes halogenated alkanes) is 1. The van der Waals surface area contributed by atoms with E-state index in [1.54, 1.807) is 0 Å². The maximum atomic E-state index is 12.2. The minimum Gasteiger partial charge on any atom is -0.312 e. The predicted octanol–water partition coefficient (Wildman–Crippen LogP) is 2.20. The Morgan fingerprint density at radius 3 is 3.00 bits per heavy atom. The molecule has 0 unspecified atom stereocenters. The maximum Gasteiger partial charge on any atom is 0.255 e. The number of hydrogen-bond donors (Lipinski definition) is 0. The van der Waals surface area contributed by atoms with Gasteiger partial charge in [-0.3, -0.25) is 4.79 Å². The Morgan fingerprint density at radius 1 is 1.47 bits per heavy atom. The Morgan fingerprint density at radius 2 is 2.29 bits per heavy atom. The Hall–Kier alpha value is -1.56. The van der Waals surface area contributed by atoms with E-state index in [1.165, 1.54) is 11.3 Å². The number of nitrogens with zero attached hydrogens (tertiary/aromatic N) is 2. The Balaban J connectivity index is 2.47. The van der Waals surface area contributed by atoms with Crippen molar-refractivity contribution in [3.8, 4) is 6.07 Å². The number of pyridine rings is 1. The third-order valence-electron chi connectivity index (χ3n) is 3.43. The van der Waals surface area contributed by atoms with Gasteiger partial charge in [-0.2, -0.15) is 5.26 Å². The summed E-state index contributed by atoms with van der Waals surface area (Å²) in [6.07, 6.45) is 5.56. The first kappa shape index (κ1) is 11.9. The largest absolute Gasteiger partial charge is 0.312 e. The maximum absolute atomic E-state index is 12.2. The van der Waals surface area contributed by atoms with Gasteiger partial charge in [0.05, 0.1) is 12.5 Å². The van der Waals surface area contributed by atoms with Gasteiger partial charge in [0.2, 0.25) is 0 Å². The molecule has 1 aliphatic rings. The number of hydrogen-bond acceptors (Lipinski definition) is 2. The summed E-state index contributed by atoms with van der Waals surface area (Å²) < 4.78 is 1.92. The molecule has 1 heterocycles. The molecule has 0 aliphatic heterocycles. The summed E-state index contributed by atoms with van der Waals surface area (Å²) in [6, 6.07) is 4.04.